The minimum Gasteiger partial charge on any atom is -0.383 e. The summed E-state index contributed by atoms with van der Waals surface area (Å²) < 4.78 is 1.86. The molecule has 0 aliphatic heterocycles. The van der Waals surface area contributed by atoms with Gasteiger partial charge in [-0.25, -0.2) is 4.68 Å². The van der Waals surface area contributed by atoms with Crippen LogP contribution in [0.25, 0.3) is 5.69 Å². The number of allylic oxidation sites excluding steroid dienone is 1. The Hall–Kier alpha value is -2.03. The summed E-state index contributed by atoms with van der Waals surface area (Å²) in [5, 5.41) is 7.72. The minimum atomic E-state index is 0.441. The van der Waals surface area contributed by atoms with Crippen molar-refractivity contribution < 1.29 is 0 Å². The van der Waals surface area contributed by atoms with Crippen molar-refractivity contribution in [1.82, 2.24) is 9.78 Å². The highest BCUT2D eigenvalue weighted by atomic mass is 15.3. The summed E-state index contributed by atoms with van der Waals surface area (Å²) in [7, 11) is 0. The molecular weight excluding hydrogens is 222 g/mol. The van der Waals surface area contributed by atoms with Gasteiger partial charge in [0.1, 0.15) is 0 Å². The fourth-order valence-corrected chi connectivity index (χ4v) is 1.88. The smallest absolute Gasteiger partial charge is 0.0666 e. The molecule has 0 fully saturated rings. The van der Waals surface area contributed by atoms with Gasteiger partial charge >= 0.3 is 0 Å². The molecule has 0 radical (unpaired) electrons. The van der Waals surface area contributed by atoms with E-state index in [1.165, 1.54) is 0 Å². The molecular formula is C15H19N3. The predicted molar refractivity (Wildman–Crippen MR) is 76.1 cm³/mol. The molecule has 1 N–H and O–H groups in total. The quantitative estimate of drug-likeness (QED) is 0.782. The van der Waals surface area contributed by atoms with Gasteiger partial charge in [0.25, 0.3) is 0 Å². The van der Waals surface area contributed by atoms with Gasteiger partial charge < -0.3 is 5.32 Å². The van der Waals surface area contributed by atoms with E-state index in [-0.39, 0.29) is 0 Å². The Morgan fingerprint density at radius 2 is 2.33 bits per heavy atom. The maximum absolute atomic E-state index is 4.23. The van der Waals surface area contributed by atoms with Gasteiger partial charge in [-0.3, -0.25) is 0 Å². The number of benzene rings is 1. The monoisotopic (exact) mass is 241 g/mol. The van der Waals surface area contributed by atoms with Crippen molar-refractivity contribution in [3.8, 4) is 5.69 Å². The molecule has 0 aliphatic carbocycles. The van der Waals surface area contributed by atoms with E-state index in [1.807, 2.05) is 35.2 Å². The van der Waals surface area contributed by atoms with Gasteiger partial charge in [0.15, 0.2) is 0 Å². The summed E-state index contributed by atoms with van der Waals surface area (Å²) in [6, 6.07) is 10.6. The zero-order valence-electron chi connectivity index (χ0n) is 10.7. The second kappa shape index (κ2) is 6.05. The molecule has 2 rings (SSSR count). The van der Waals surface area contributed by atoms with Crippen LogP contribution < -0.4 is 5.32 Å². The van der Waals surface area contributed by atoms with Gasteiger partial charge in [-0.15, -0.1) is 6.58 Å². The second-order valence-electron chi connectivity index (χ2n) is 4.41. The number of hydrogen-bond donors (Lipinski definition) is 1. The Balaban J connectivity index is 2.06. The van der Waals surface area contributed by atoms with E-state index < -0.39 is 0 Å². The molecule has 0 aliphatic rings. The van der Waals surface area contributed by atoms with Crippen LogP contribution in [-0.4, -0.2) is 15.8 Å². The fourth-order valence-electron chi connectivity index (χ4n) is 1.88. The normalized spacial score (nSPS) is 12.1. The average Bonchev–Trinajstić information content (AvgIpc) is 2.90. The molecule has 1 heterocycles. The van der Waals surface area contributed by atoms with Crippen molar-refractivity contribution in [2.75, 3.05) is 5.32 Å². The summed E-state index contributed by atoms with van der Waals surface area (Å²) >= 11 is 0. The predicted octanol–water partition coefficient (Wildman–Crippen LogP) is 3.64. The molecule has 0 spiro atoms. The van der Waals surface area contributed by atoms with Gasteiger partial charge in [-0.1, -0.05) is 12.1 Å². The zero-order valence-corrected chi connectivity index (χ0v) is 10.7. The largest absolute Gasteiger partial charge is 0.383 e. The molecule has 94 valence electrons. The van der Waals surface area contributed by atoms with Gasteiger partial charge in [-0.2, -0.15) is 5.10 Å². The topological polar surface area (TPSA) is 29.9 Å². The van der Waals surface area contributed by atoms with Crippen LogP contribution in [-0.2, 0) is 0 Å². The SMILES string of the molecule is C=CCCC(C)Nc1cccc(-n2cccn2)c1. The first kappa shape index (κ1) is 12.4. The summed E-state index contributed by atoms with van der Waals surface area (Å²) in [5.41, 5.74) is 2.19. The Bertz CT molecular complexity index is 488. The van der Waals surface area contributed by atoms with E-state index in [2.05, 4.69) is 36.1 Å². The maximum atomic E-state index is 4.23. The summed E-state index contributed by atoms with van der Waals surface area (Å²) in [5.74, 6) is 0. The van der Waals surface area contributed by atoms with Gasteiger partial charge in [0.2, 0.25) is 0 Å². The number of anilines is 1. The maximum Gasteiger partial charge on any atom is 0.0666 e. The van der Waals surface area contributed by atoms with E-state index in [0.717, 1.165) is 24.2 Å². The summed E-state index contributed by atoms with van der Waals surface area (Å²) in [4.78, 5) is 0. The molecule has 3 nitrogen and oxygen atoms in total. The molecule has 1 atom stereocenters. The first-order valence-electron chi connectivity index (χ1n) is 6.27. The molecule has 3 heteroatoms. The zero-order chi connectivity index (χ0) is 12.8. The number of hydrogen-bond acceptors (Lipinski definition) is 2. The molecule has 0 amide bonds. The summed E-state index contributed by atoms with van der Waals surface area (Å²) in [6.07, 6.45) is 7.81. The van der Waals surface area contributed by atoms with E-state index >= 15 is 0 Å². The second-order valence-corrected chi connectivity index (χ2v) is 4.41. The minimum absolute atomic E-state index is 0.441. The van der Waals surface area contributed by atoms with Crippen LogP contribution in [0, 0.1) is 0 Å². The van der Waals surface area contributed by atoms with E-state index in [0.29, 0.717) is 6.04 Å². The summed E-state index contributed by atoms with van der Waals surface area (Å²) in [6.45, 7) is 5.93. The molecule has 1 aromatic carbocycles. The Kier molecular flexibility index (Phi) is 4.18. The highest BCUT2D eigenvalue weighted by molar-refractivity contribution is 5.51. The lowest BCUT2D eigenvalue weighted by atomic mass is 10.1. The third kappa shape index (κ3) is 3.23. The lowest BCUT2D eigenvalue weighted by Gasteiger charge is -2.15. The highest BCUT2D eigenvalue weighted by Crippen LogP contribution is 2.15. The third-order valence-corrected chi connectivity index (χ3v) is 2.83. The van der Waals surface area contributed by atoms with E-state index in [1.54, 1.807) is 6.20 Å². The highest BCUT2D eigenvalue weighted by Gasteiger charge is 2.02. The number of rotatable bonds is 6. The van der Waals surface area contributed by atoms with Crippen LogP contribution in [0.3, 0.4) is 0 Å². The van der Waals surface area contributed by atoms with Crippen molar-refractivity contribution in [1.29, 1.82) is 0 Å². The molecule has 0 saturated carbocycles. The standard InChI is InChI=1S/C15H19N3/c1-3-4-7-13(2)17-14-8-5-9-15(12-14)18-11-6-10-16-18/h3,5-6,8-13,17H,1,4,7H2,2H3. The molecule has 0 saturated heterocycles. The molecule has 2 aromatic rings. The van der Waals surface area contributed by atoms with Crippen LogP contribution in [0.1, 0.15) is 19.8 Å². The van der Waals surface area contributed by atoms with Crippen molar-refractivity contribution in [2.24, 2.45) is 0 Å². The van der Waals surface area contributed by atoms with Crippen LogP contribution in [0.2, 0.25) is 0 Å². The molecule has 18 heavy (non-hydrogen) atoms. The van der Waals surface area contributed by atoms with E-state index in [4.69, 9.17) is 0 Å². The number of nitrogens with zero attached hydrogens (tertiary/aromatic N) is 2. The van der Waals surface area contributed by atoms with Crippen molar-refractivity contribution >= 4 is 5.69 Å². The number of aromatic nitrogens is 2. The number of nitrogens with one attached hydrogen (secondary N) is 1. The first-order chi connectivity index (χ1) is 8.79. The average molecular weight is 241 g/mol. The van der Waals surface area contributed by atoms with Crippen LogP contribution >= 0.6 is 0 Å². The van der Waals surface area contributed by atoms with Crippen LogP contribution in [0.5, 0.6) is 0 Å². The van der Waals surface area contributed by atoms with Gasteiger partial charge in [0.05, 0.1) is 5.69 Å². The Morgan fingerprint density at radius 1 is 1.44 bits per heavy atom. The lowest BCUT2D eigenvalue weighted by Crippen LogP contribution is -2.14. The van der Waals surface area contributed by atoms with Crippen molar-refractivity contribution in [3.05, 3.63) is 55.4 Å². The van der Waals surface area contributed by atoms with Gasteiger partial charge in [-0.05, 0) is 44.0 Å². The lowest BCUT2D eigenvalue weighted by molar-refractivity contribution is 0.719. The van der Waals surface area contributed by atoms with Gasteiger partial charge in [0, 0.05) is 24.1 Å². The molecule has 0 bridgehead atoms. The van der Waals surface area contributed by atoms with Crippen molar-refractivity contribution in [3.63, 3.8) is 0 Å². The Labute approximate surface area is 108 Å². The molecule has 1 aromatic heterocycles. The third-order valence-electron chi connectivity index (χ3n) is 2.83. The first-order valence-corrected chi connectivity index (χ1v) is 6.27. The Morgan fingerprint density at radius 3 is 3.06 bits per heavy atom. The fraction of sp³-hybridized carbons (Fsp3) is 0.267. The van der Waals surface area contributed by atoms with Crippen LogP contribution in [0.4, 0.5) is 5.69 Å². The van der Waals surface area contributed by atoms with E-state index in [9.17, 15) is 0 Å². The molecule has 1 unspecified atom stereocenters. The van der Waals surface area contributed by atoms with Crippen LogP contribution in [0.15, 0.2) is 55.4 Å². The van der Waals surface area contributed by atoms with Crippen molar-refractivity contribution in [2.45, 2.75) is 25.8 Å².